The van der Waals surface area contributed by atoms with E-state index in [1.165, 1.54) is 11.0 Å². The van der Waals surface area contributed by atoms with Crippen LogP contribution in [0.15, 0.2) is 45.3 Å². The lowest BCUT2D eigenvalue weighted by atomic mass is 9.86. The van der Waals surface area contributed by atoms with Crippen molar-refractivity contribution in [1.29, 1.82) is 0 Å². The van der Waals surface area contributed by atoms with Gasteiger partial charge in [0.05, 0.1) is 5.56 Å². The molecule has 10 heteroatoms. The Morgan fingerprint density at radius 1 is 1.23 bits per heavy atom. The number of fused-ring (bicyclic) bond motifs is 3. The summed E-state index contributed by atoms with van der Waals surface area (Å²) in [5, 5.41) is 2.44. The molecule has 1 aliphatic heterocycles. The van der Waals surface area contributed by atoms with Crippen LogP contribution in [-0.4, -0.2) is 34.8 Å². The summed E-state index contributed by atoms with van der Waals surface area (Å²) in [4.78, 5) is 30.9. The number of aromatic nitrogens is 1. The van der Waals surface area contributed by atoms with Crippen LogP contribution in [0.25, 0.3) is 11.1 Å². The van der Waals surface area contributed by atoms with Gasteiger partial charge in [0.2, 0.25) is 5.91 Å². The van der Waals surface area contributed by atoms with Crippen molar-refractivity contribution >= 4 is 44.9 Å². The molecule has 160 valence electrons. The molecule has 2 aromatic carbocycles. The summed E-state index contributed by atoms with van der Waals surface area (Å²) in [7, 11) is 0. The van der Waals surface area contributed by atoms with Crippen LogP contribution in [0.2, 0.25) is 0 Å². The average molecular weight is 494 g/mol. The van der Waals surface area contributed by atoms with Crippen molar-refractivity contribution in [3.63, 3.8) is 0 Å². The molecule has 1 aliphatic carbocycles. The van der Waals surface area contributed by atoms with Gasteiger partial charge in [-0.05, 0) is 54.8 Å². The van der Waals surface area contributed by atoms with E-state index >= 15 is 0 Å². The van der Waals surface area contributed by atoms with Gasteiger partial charge in [-0.3, -0.25) is 14.9 Å². The molecule has 1 spiro atoms. The van der Waals surface area contributed by atoms with Crippen LogP contribution >= 0.6 is 15.9 Å². The first-order valence-electron chi connectivity index (χ1n) is 9.52. The van der Waals surface area contributed by atoms with Crippen molar-refractivity contribution in [2.75, 3.05) is 18.4 Å². The number of carbonyl (C=O) groups excluding carboxylic acids is 2. The third kappa shape index (κ3) is 3.58. The number of hydrogen-bond acceptors (Lipinski definition) is 4. The molecule has 0 saturated heterocycles. The summed E-state index contributed by atoms with van der Waals surface area (Å²) in [5.74, 6) is -0.769. The fourth-order valence-electron chi connectivity index (χ4n) is 4.03. The molecule has 3 aromatic rings. The highest BCUT2D eigenvalue weighted by atomic mass is 79.9. The smallest absolute Gasteiger partial charge is 0.416 e. The first kappa shape index (κ1) is 20.0. The molecule has 0 bridgehead atoms. The number of halogens is 4. The van der Waals surface area contributed by atoms with Crippen LogP contribution in [0, 0.1) is 0 Å². The Morgan fingerprint density at radius 2 is 2.00 bits per heavy atom. The average Bonchev–Trinajstić information content (AvgIpc) is 3.35. The summed E-state index contributed by atoms with van der Waals surface area (Å²) < 4.78 is 44.7. The molecular weight excluding hydrogens is 479 g/mol. The molecule has 0 unspecified atom stereocenters. The van der Waals surface area contributed by atoms with Crippen molar-refractivity contribution in [2.24, 2.45) is 0 Å². The van der Waals surface area contributed by atoms with Crippen LogP contribution in [-0.2, 0) is 16.4 Å². The summed E-state index contributed by atoms with van der Waals surface area (Å²) in [6.45, 7) is 0.230. The maximum atomic E-state index is 12.9. The van der Waals surface area contributed by atoms with Gasteiger partial charge in [-0.2, -0.15) is 18.2 Å². The molecule has 0 atom stereocenters. The molecule has 2 amide bonds. The molecule has 6 nitrogen and oxygen atoms in total. The molecule has 1 N–H and O–H groups in total. The predicted octanol–water partition coefficient (Wildman–Crippen LogP) is 4.74. The first-order valence-corrected chi connectivity index (χ1v) is 10.3. The molecular formula is C21H15BrF3N3O3. The second-order valence-electron chi connectivity index (χ2n) is 7.88. The third-order valence-electron chi connectivity index (χ3n) is 5.71. The zero-order chi connectivity index (χ0) is 22.0. The van der Waals surface area contributed by atoms with E-state index in [0.29, 0.717) is 12.1 Å². The topological polar surface area (TPSA) is 75.4 Å². The fraction of sp³-hybridized carbons (Fsp3) is 0.286. The van der Waals surface area contributed by atoms with Gasteiger partial charge in [0.1, 0.15) is 12.1 Å². The minimum atomic E-state index is -4.51. The fourth-order valence-corrected chi connectivity index (χ4v) is 4.39. The lowest BCUT2D eigenvalue weighted by Crippen LogP contribution is -2.46. The Bertz CT molecular complexity index is 1230. The van der Waals surface area contributed by atoms with E-state index < -0.39 is 17.6 Å². The van der Waals surface area contributed by atoms with E-state index in [4.69, 9.17) is 4.42 Å². The molecule has 0 radical (unpaired) electrons. The number of amides is 2. The van der Waals surface area contributed by atoms with E-state index in [1.807, 2.05) is 6.07 Å². The molecule has 31 heavy (non-hydrogen) atoms. The highest BCUT2D eigenvalue weighted by molar-refractivity contribution is 9.10. The minimum absolute atomic E-state index is 0.0874. The highest BCUT2D eigenvalue weighted by Crippen LogP contribution is 2.52. The number of alkyl halides is 3. The summed E-state index contributed by atoms with van der Waals surface area (Å²) >= 11 is 3.44. The molecule has 2 heterocycles. The number of oxazole rings is 1. The van der Waals surface area contributed by atoms with Crippen molar-refractivity contribution in [1.82, 2.24) is 9.88 Å². The van der Waals surface area contributed by atoms with Crippen molar-refractivity contribution in [3.8, 4) is 0 Å². The number of nitrogens with zero attached hydrogens (tertiary/aromatic N) is 2. The normalized spacial score (nSPS) is 17.2. The van der Waals surface area contributed by atoms with Gasteiger partial charge >= 0.3 is 12.2 Å². The predicted molar refractivity (Wildman–Crippen MR) is 109 cm³/mol. The van der Waals surface area contributed by atoms with Crippen LogP contribution in [0.3, 0.4) is 0 Å². The Labute approximate surface area is 182 Å². The molecule has 1 saturated carbocycles. The van der Waals surface area contributed by atoms with E-state index in [9.17, 15) is 22.8 Å². The van der Waals surface area contributed by atoms with Gasteiger partial charge in [0, 0.05) is 22.0 Å². The molecule has 1 aromatic heterocycles. The lowest BCUT2D eigenvalue weighted by Gasteiger charge is -2.34. The third-order valence-corrected chi connectivity index (χ3v) is 6.21. The second kappa shape index (κ2) is 6.81. The number of rotatable bonds is 3. The quantitative estimate of drug-likeness (QED) is 0.571. The molecule has 2 aliphatic rings. The Kier molecular flexibility index (Phi) is 4.40. The Balaban J connectivity index is 1.33. The van der Waals surface area contributed by atoms with Crippen molar-refractivity contribution in [2.45, 2.75) is 24.4 Å². The van der Waals surface area contributed by atoms with Crippen LogP contribution in [0.1, 0.15) is 34.3 Å². The van der Waals surface area contributed by atoms with E-state index in [1.54, 1.807) is 12.1 Å². The zero-order valence-electron chi connectivity index (χ0n) is 15.9. The maximum absolute atomic E-state index is 12.9. The monoisotopic (exact) mass is 493 g/mol. The Morgan fingerprint density at radius 3 is 2.71 bits per heavy atom. The standard InChI is InChI=1S/C21H15BrF3N3O3/c22-12-2-3-13-14(8-12)20(5-6-20)10-28(18(13)30)9-17(29)27-19-26-15-4-1-11(21(23,24)25)7-16(15)31-19/h1-4,7-8H,5-6,9-10H2,(H,26,27,29). The van der Waals surface area contributed by atoms with Gasteiger partial charge in [0.25, 0.3) is 5.91 Å². The van der Waals surface area contributed by atoms with Crippen molar-refractivity contribution < 1.29 is 27.2 Å². The number of anilines is 1. The van der Waals surface area contributed by atoms with Gasteiger partial charge in [0.15, 0.2) is 5.58 Å². The van der Waals surface area contributed by atoms with Crippen molar-refractivity contribution in [3.05, 3.63) is 57.6 Å². The Hall–Kier alpha value is -2.88. The van der Waals surface area contributed by atoms with E-state index in [2.05, 4.69) is 26.2 Å². The van der Waals surface area contributed by atoms with Gasteiger partial charge < -0.3 is 9.32 Å². The number of benzene rings is 2. The summed E-state index contributed by atoms with van der Waals surface area (Å²) in [5.41, 5.74) is 0.695. The minimum Gasteiger partial charge on any atom is -0.423 e. The molecule has 5 rings (SSSR count). The maximum Gasteiger partial charge on any atom is 0.416 e. The SMILES string of the molecule is O=C(CN1CC2(CC2)c2cc(Br)ccc2C1=O)Nc1nc2ccc(C(F)(F)F)cc2o1. The first-order chi connectivity index (χ1) is 14.6. The number of carbonyl (C=O) groups is 2. The van der Waals surface area contributed by atoms with Gasteiger partial charge in [-0.15, -0.1) is 0 Å². The van der Waals surface area contributed by atoms with Gasteiger partial charge in [-0.25, -0.2) is 0 Å². The lowest BCUT2D eigenvalue weighted by molar-refractivity contribution is -0.137. The number of hydrogen-bond donors (Lipinski definition) is 1. The van der Waals surface area contributed by atoms with Crippen LogP contribution in [0.5, 0.6) is 0 Å². The second-order valence-corrected chi connectivity index (χ2v) is 8.79. The molecule has 1 fully saturated rings. The van der Waals surface area contributed by atoms with E-state index in [-0.39, 0.29) is 35.0 Å². The van der Waals surface area contributed by atoms with Crippen LogP contribution in [0.4, 0.5) is 19.2 Å². The number of nitrogens with one attached hydrogen (secondary N) is 1. The summed E-state index contributed by atoms with van der Waals surface area (Å²) in [6.07, 6.45) is -2.63. The zero-order valence-corrected chi connectivity index (χ0v) is 17.5. The summed E-state index contributed by atoms with van der Waals surface area (Å²) in [6, 6.07) is 8.21. The highest BCUT2D eigenvalue weighted by Gasteiger charge is 2.51. The van der Waals surface area contributed by atoms with E-state index in [0.717, 1.165) is 35.0 Å². The van der Waals surface area contributed by atoms with Crippen LogP contribution < -0.4 is 5.32 Å². The largest absolute Gasteiger partial charge is 0.423 e. The van der Waals surface area contributed by atoms with Gasteiger partial charge in [-0.1, -0.05) is 15.9 Å².